The van der Waals surface area contributed by atoms with Crippen LogP contribution in [-0.4, -0.2) is 35.7 Å². The molecule has 0 amide bonds. The molecule has 1 atom stereocenters. The van der Waals surface area contributed by atoms with Crippen LogP contribution in [0.1, 0.15) is 20.7 Å². The van der Waals surface area contributed by atoms with E-state index < -0.39 is 17.4 Å². The summed E-state index contributed by atoms with van der Waals surface area (Å²) in [6, 6.07) is 17.2. The van der Waals surface area contributed by atoms with Gasteiger partial charge in [0.25, 0.3) is 0 Å². The van der Waals surface area contributed by atoms with Crippen LogP contribution in [0.3, 0.4) is 0 Å². The van der Waals surface area contributed by atoms with Crippen LogP contribution in [0.15, 0.2) is 60.7 Å². The number of Topliss-reactive ketones (excluding diaryl/α,β-unsaturated/α-hetero) is 2. The summed E-state index contributed by atoms with van der Waals surface area (Å²) in [7, 11) is 0. The Balaban J connectivity index is 2.02. The number of carbonyl (C=O) groups is 2. The number of ether oxygens (including phenoxy) is 2. The molecule has 0 saturated carbocycles. The van der Waals surface area contributed by atoms with Gasteiger partial charge < -0.3 is 9.47 Å². The van der Waals surface area contributed by atoms with Crippen molar-refractivity contribution in [1.29, 1.82) is 0 Å². The number of carbonyl (C=O) groups excluding carboxylic acids is 2. The summed E-state index contributed by atoms with van der Waals surface area (Å²) in [5, 5.41) is 0. The predicted molar refractivity (Wildman–Crippen MR) is 88.6 cm³/mol. The second-order valence-electron chi connectivity index (χ2n) is 5.10. The summed E-state index contributed by atoms with van der Waals surface area (Å²) in [4.78, 5) is 25.9. The van der Waals surface area contributed by atoms with Gasteiger partial charge in [-0.3, -0.25) is 9.59 Å². The highest BCUT2D eigenvalue weighted by Crippen LogP contribution is 2.34. The van der Waals surface area contributed by atoms with Gasteiger partial charge in [0.1, 0.15) is 5.44 Å². The van der Waals surface area contributed by atoms with Crippen LogP contribution in [0.5, 0.6) is 0 Å². The summed E-state index contributed by atoms with van der Waals surface area (Å²) < 4.78 is 11.4. The van der Waals surface area contributed by atoms with Crippen LogP contribution in [-0.2, 0) is 9.47 Å². The summed E-state index contributed by atoms with van der Waals surface area (Å²) in [5.41, 5.74) is 0.424. The van der Waals surface area contributed by atoms with Gasteiger partial charge in [-0.15, -0.1) is 11.8 Å². The maximum atomic E-state index is 13.0. The first kappa shape index (κ1) is 15.9. The molecule has 1 unspecified atom stereocenters. The van der Waals surface area contributed by atoms with Gasteiger partial charge in [0.15, 0.2) is 0 Å². The lowest BCUT2D eigenvalue weighted by Gasteiger charge is -2.25. The van der Waals surface area contributed by atoms with Crippen molar-refractivity contribution >= 4 is 23.3 Å². The van der Waals surface area contributed by atoms with Crippen LogP contribution >= 0.6 is 11.8 Å². The van der Waals surface area contributed by atoms with Crippen LogP contribution in [0.2, 0.25) is 0 Å². The van der Waals surface area contributed by atoms with Gasteiger partial charge in [0.2, 0.25) is 11.6 Å². The Hall–Kier alpha value is -1.95. The van der Waals surface area contributed by atoms with E-state index in [0.29, 0.717) is 11.1 Å². The van der Waals surface area contributed by atoms with Crippen molar-refractivity contribution < 1.29 is 19.1 Å². The van der Waals surface area contributed by atoms with Gasteiger partial charge in [-0.1, -0.05) is 60.7 Å². The molecule has 0 bridgehead atoms. The molecule has 1 aliphatic rings. The van der Waals surface area contributed by atoms with Crippen molar-refractivity contribution in [2.45, 2.75) is 11.2 Å². The SMILES string of the molecule is CSC1COC(C(=O)c2ccccc2)(C(=O)c2ccccc2)O1. The second-order valence-corrected chi connectivity index (χ2v) is 6.10. The fourth-order valence-electron chi connectivity index (χ4n) is 2.46. The van der Waals surface area contributed by atoms with E-state index in [-0.39, 0.29) is 12.0 Å². The Morgan fingerprint density at radius 3 is 1.83 bits per heavy atom. The van der Waals surface area contributed by atoms with Crippen molar-refractivity contribution in [3.05, 3.63) is 71.8 Å². The van der Waals surface area contributed by atoms with Crippen molar-refractivity contribution in [2.24, 2.45) is 0 Å². The van der Waals surface area contributed by atoms with Crippen molar-refractivity contribution in [1.82, 2.24) is 0 Å². The highest BCUT2D eigenvalue weighted by Gasteiger charge is 2.54. The average Bonchev–Trinajstić information content (AvgIpc) is 3.07. The summed E-state index contributed by atoms with van der Waals surface area (Å²) >= 11 is 1.41. The molecule has 5 heteroatoms. The second kappa shape index (κ2) is 6.66. The zero-order valence-electron chi connectivity index (χ0n) is 12.6. The van der Waals surface area contributed by atoms with Crippen LogP contribution < -0.4 is 0 Å². The van der Waals surface area contributed by atoms with E-state index in [2.05, 4.69) is 0 Å². The van der Waals surface area contributed by atoms with E-state index in [1.807, 2.05) is 18.4 Å². The molecule has 0 N–H and O–H groups in total. The van der Waals surface area contributed by atoms with Gasteiger partial charge in [0, 0.05) is 11.1 Å². The highest BCUT2D eigenvalue weighted by molar-refractivity contribution is 7.99. The van der Waals surface area contributed by atoms with Crippen molar-refractivity contribution in [3.63, 3.8) is 0 Å². The molecule has 3 rings (SSSR count). The minimum Gasteiger partial charge on any atom is -0.333 e. The Kier molecular flexibility index (Phi) is 4.61. The third kappa shape index (κ3) is 2.95. The molecule has 0 aromatic heterocycles. The number of thioether (sulfide) groups is 1. The number of rotatable bonds is 5. The van der Waals surface area contributed by atoms with Gasteiger partial charge in [0.05, 0.1) is 6.61 Å². The largest absolute Gasteiger partial charge is 0.333 e. The topological polar surface area (TPSA) is 52.6 Å². The van der Waals surface area contributed by atoms with E-state index in [1.54, 1.807) is 48.5 Å². The number of benzene rings is 2. The molecule has 23 heavy (non-hydrogen) atoms. The van der Waals surface area contributed by atoms with E-state index >= 15 is 0 Å². The lowest BCUT2D eigenvalue weighted by Crippen LogP contribution is -2.48. The Bertz CT molecular complexity index is 648. The molecular formula is C18H16O4S. The standard InChI is InChI=1S/C18H16O4S/c1-23-15-12-21-18(22-15,16(19)13-8-4-2-5-9-13)17(20)14-10-6-3-7-11-14/h2-11,15H,12H2,1H3. The molecule has 0 spiro atoms. The summed E-state index contributed by atoms with van der Waals surface area (Å²) in [6.45, 7) is 0.193. The first-order valence-corrected chi connectivity index (χ1v) is 8.50. The van der Waals surface area contributed by atoms with Crippen LogP contribution in [0.25, 0.3) is 0 Å². The fourth-order valence-corrected chi connectivity index (χ4v) is 2.89. The zero-order valence-corrected chi connectivity index (χ0v) is 13.4. The molecule has 0 aliphatic carbocycles. The zero-order chi connectivity index (χ0) is 16.3. The van der Waals surface area contributed by atoms with Crippen LogP contribution in [0, 0.1) is 0 Å². The smallest absolute Gasteiger partial charge is 0.301 e. The number of hydrogen-bond acceptors (Lipinski definition) is 5. The molecule has 1 saturated heterocycles. The van der Waals surface area contributed by atoms with Gasteiger partial charge in [-0.05, 0) is 6.26 Å². The summed E-state index contributed by atoms with van der Waals surface area (Å²) in [6.07, 6.45) is 1.85. The third-order valence-electron chi connectivity index (χ3n) is 3.65. The fraction of sp³-hybridized carbons (Fsp3) is 0.222. The number of hydrogen-bond donors (Lipinski definition) is 0. The third-order valence-corrected chi connectivity index (χ3v) is 4.41. The molecule has 1 fully saturated rings. The molecule has 4 nitrogen and oxygen atoms in total. The van der Waals surface area contributed by atoms with Gasteiger partial charge >= 0.3 is 5.79 Å². The molecule has 2 aromatic carbocycles. The van der Waals surface area contributed by atoms with Gasteiger partial charge in [-0.25, -0.2) is 0 Å². The molecule has 118 valence electrons. The maximum absolute atomic E-state index is 13.0. The lowest BCUT2D eigenvalue weighted by molar-refractivity contribution is -0.0912. The first-order valence-electron chi connectivity index (χ1n) is 7.21. The van der Waals surface area contributed by atoms with E-state index in [9.17, 15) is 9.59 Å². The van der Waals surface area contributed by atoms with Crippen LogP contribution in [0.4, 0.5) is 0 Å². The lowest BCUT2D eigenvalue weighted by atomic mass is 9.95. The normalized spacial score (nSPS) is 19.4. The molecular weight excluding hydrogens is 312 g/mol. The molecule has 2 aromatic rings. The Labute approximate surface area is 138 Å². The highest BCUT2D eigenvalue weighted by atomic mass is 32.2. The molecule has 0 radical (unpaired) electrons. The van der Waals surface area contributed by atoms with Crippen molar-refractivity contribution in [2.75, 3.05) is 12.9 Å². The van der Waals surface area contributed by atoms with E-state index in [1.165, 1.54) is 11.8 Å². The average molecular weight is 328 g/mol. The van der Waals surface area contributed by atoms with Crippen molar-refractivity contribution in [3.8, 4) is 0 Å². The Morgan fingerprint density at radius 1 is 0.957 bits per heavy atom. The predicted octanol–water partition coefficient (Wildman–Crippen LogP) is 3.18. The van der Waals surface area contributed by atoms with Gasteiger partial charge in [-0.2, -0.15) is 0 Å². The molecule has 1 aliphatic heterocycles. The quantitative estimate of drug-likeness (QED) is 0.623. The minimum atomic E-state index is -1.91. The maximum Gasteiger partial charge on any atom is 0.301 e. The van der Waals surface area contributed by atoms with E-state index in [0.717, 1.165) is 0 Å². The number of ketones is 2. The Morgan fingerprint density at radius 2 is 1.43 bits per heavy atom. The summed E-state index contributed by atoms with van der Waals surface area (Å²) in [5.74, 6) is -2.84. The minimum absolute atomic E-state index is 0.193. The van der Waals surface area contributed by atoms with E-state index in [4.69, 9.17) is 9.47 Å². The molecule has 1 heterocycles. The monoisotopic (exact) mass is 328 g/mol. The first-order chi connectivity index (χ1) is 11.2.